The fourth-order valence-electron chi connectivity index (χ4n) is 4.35. The summed E-state index contributed by atoms with van der Waals surface area (Å²) in [6, 6.07) is 12.1. The third kappa shape index (κ3) is 3.93. The van der Waals surface area contributed by atoms with Gasteiger partial charge in [0.1, 0.15) is 11.6 Å². The molecule has 0 spiro atoms. The van der Waals surface area contributed by atoms with Crippen molar-refractivity contribution < 1.29 is 19.3 Å². The molecule has 8 nitrogen and oxygen atoms in total. The number of hydrogen-bond donors (Lipinski definition) is 0. The molecule has 0 aliphatic carbocycles. The molecule has 2 aliphatic rings. The Labute approximate surface area is 179 Å². The molecule has 4 rings (SSSR count). The minimum Gasteiger partial charge on any atom is -0.341 e. The van der Waals surface area contributed by atoms with Crippen molar-refractivity contribution in [1.29, 1.82) is 0 Å². The first-order valence-corrected chi connectivity index (χ1v) is 10.5. The zero-order valence-electron chi connectivity index (χ0n) is 17.0. The standard InChI is InChI=1S/C23H23N3O5/c27-21-17-11-8-12-18(26(30)31)20(17)23(29)25(21)19(15-16-9-4-3-5-10-16)22(28)24-13-6-1-2-7-14-24/h3-5,8-12,19H,1-2,6-7,13-15H2/t19-/m1/s1. The van der Waals surface area contributed by atoms with Gasteiger partial charge in [-0.3, -0.25) is 29.4 Å². The number of nitro benzene ring substituents is 1. The number of likely N-dealkylation sites (tertiary alicyclic amines) is 1. The van der Waals surface area contributed by atoms with E-state index in [1.807, 2.05) is 30.3 Å². The smallest absolute Gasteiger partial charge is 0.282 e. The first-order chi connectivity index (χ1) is 15.0. The van der Waals surface area contributed by atoms with E-state index in [0.29, 0.717) is 13.1 Å². The SMILES string of the molecule is O=C([C@@H](Cc1ccccc1)N1C(=O)c2cccc([N+](=O)[O-])c2C1=O)N1CCCCCC1. The maximum absolute atomic E-state index is 13.5. The maximum atomic E-state index is 13.5. The van der Waals surface area contributed by atoms with Crippen molar-refractivity contribution in [2.24, 2.45) is 0 Å². The summed E-state index contributed by atoms with van der Waals surface area (Å²) in [5.41, 5.74) is 0.126. The van der Waals surface area contributed by atoms with Crippen LogP contribution in [0.4, 0.5) is 5.69 Å². The number of amides is 3. The van der Waals surface area contributed by atoms with Crippen molar-refractivity contribution in [3.05, 3.63) is 75.3 Å². The third-order valence-electron chi connectivity index (χ3n) is 5.91. The highest BCUT2D eigenvalue weighted by Crippen LogP contribution is 2.33. The highest BCUT2D eigenvalue weighted by atomic mass is 16.6. The quantitative estimate of drug-likeness (QED) is 0.419. The molecule has 2 aliphatic heterocycles. The molecule has 2 heterocycles. The van der Waals surface area contributed by atoms with Crippen LogP contribution < -0.4 is 0 Å². The summed E-state index contributed by atoms with van der Waals surface area (Å²) in [7, 11) is 0. The Bertz CT molecular complexity index is 1030. The van der Waals surface area contributed by atoms with Crippen LogP contribution in [0, 0.1) is 10.1 Å². The minimum absolute atomic E-state index is 0.0269. The number of benzene rings is 2. The Hall–Kier alpha value is -3.55. The lowest BCUT2D eigenvalue weighted by molar-refractivity contribution is -0.385. The van der Waals surface area contributed by atoms with Crippen molar-refractivity contribution in [3.63, 3.8) is 0 Å². The summed E-state index contributed by atoms with van der Waals surface area (Å²) < 4.78 is 0. The van der Waals surface area contributed by atoms with Gasteiger partial charge in [-0.1, -0.05) is 49.2 Å². The van der Waals surface area contributed by atoms with E-state index in [4.69, 9.17) is 0 Å². The van der Waals surface area contributed by atoms with Crippen molar-refractivity contribution in [1.82, 2.24) is 9.80 Å². The second-order valence-electron chi connectivity index (χ2n) is 7.88. The van der Waals surface area contributed by atoms with Gasteiger partial charge in [0.15, 0.2) is 0 Å². The zero-order valence-corrected chi connectivity index (χ0v) is 17.0. The molecule has 0 radical (unpaired) electrons. The normalized spacial score (nSPS) is 17.3. The number of imide groups is 1. The van der Waals surface area contributed by atoms with Crippen molar-refractivity contribution in [3.8, 4) is 0 Å². The minimum atomic E-state index is -1.05. The zero-order chi connectivity index (χ0) is 22.0. The van der Waals surface area contributed by atoms with Gasteiger partial charge < -0.3 is 4.90 Å². The van der Waals surface area contributed by atoms with E-state index in [9.17, 15) is 24.5 Å². The highest BCUT2D eigenvalue weighted by molar-refractivity contribution is 6.24. The van der Waals surface area contributed by atoms with Crippen LogP contribution in [0.5, 0.6) is 0 Å². The van der Waals surface area contributed by atoms with Crippen LogP contribution in [0.2, 0.25) is 0 Å². The molecule has 1 atom stereocenters. The topological polar surface area (TPSA) is 101 Å². The fraction of sp³-hybridized carbons (Fsp3) is 0.348. The van der Waals surface area contributed by atoms with Crippen molar-refractivity contribution in [2.45, 2.75) is 38.1 Å². The summed E-state index contributed by atoms with van der Waals surface area (Å²) in [4.78, 5) is 53.4. The van der Waals surface area contributed by atoms with Gasteiger partial charge in [0.2, 0.25) is 5.91 Å². The largest absolute Gasteiger partial charge is 0.341 e. The van der Waals surface area contributed by atoms with E-state index >= 15 is 0 Å². The van der Waals surface area contributed by atoms with Crippen LogP contribution in [0.3, 0.4) is 0 Å². The number of hydrogen-bond acceptors (Lipinski definition) is 5. The Morgan fingerprint density at radius 1 is 0.935 bits per heavy atom. The van der Waals surface area contributed by atoms with Gasteiger partial charge in [-0.15, -0.1) is 0 Å². The molecule has 3 amide bonds. The van der Waals surface area contributed by atoms with Gasteiger partial charge in [0.05, 0.1) is 10.5 Å². The monoisotopic (exact) mass is 421 g/mol. The van der Waals surface area contributed by atoms with Gasteiger partial charge in [0.25, 0.3) is 17.5 Å². The fourth-order valence-corrected chi connectivity index (χ4v) is 4.35. The first kappa shape index (κ1) is 20.7. The number of fused-ring (bicyclic) bond motifs is 1. The van der Waals surface area contributed by atoms with E-state index in [1.165, 1.54) is 18.2 Å². The molecular weight excluding hydrogens is 398 g/mol. The highest BCUT2D eigenvalue weighted by Gasteiger charge is 2.47. The predicted molar refractivity (Wildman–Crippen MR) is 113 cm³/mol. The predicted octanol–water partition coefficient (Wildman–Crippen LogP) is 3.20. The maximum Gasteiger partial charge on any atom is 0.282 e. The van der Waals surface area contributed by atoms with Gasteiger partial charge in [0, 0.05) is 25.6 Å². The Balaban J connectivity index is 1.73. The van der Waals surface area contributed by atoms with Gasteiger partial charge in [-0.05, 0) is 24.5 Å². The van der Waals surface area contributed by atoms with E-state index in [2.05, 4.69) is 0 Å². The van der Waals surface area contributed by atoms with Crippen LogP contribution in [0.15, 0.2) is 48.5 Å². The van der Waals surface area contributed by atoms with Crippen LogP contribution in [0.25, 0.3) is 0 Å². The van der Waals surface area contributed by atoms with Crippen molar-refractivity contribution in [2.75, 3.05) is 13.1 Å². The third-order valence-corrected chi connectivity index (χ3v) is 5.91. The second kappa shape index (κ2) is 8.67. The summed E-state index contributed by atoms with van der Waals surface area (Å²) in [5.74, 6) is -1.73. The Morgan fingerprint density at radius 3 is 2.26 bits per heavy atom. The number of nitrogens with zero attached hydrogens (tertiary/aromatic N) is 3. The van der Waals surface area contributed by atoms with E-state index in [1.54, 1.807) is 4.90 Å². The van der Waals surface area contributed by atoms with Crippen LogP contribution >= 0.6 is 0 Å². The Kier molecular flexibility index (Phi) is 5.79. The molecule has 1 saturated heterocycles. The summed E-state index contributed by atoms with van der Waals surface area (Å²) >= 11 is 0. The van der Waals surface area contributed by atoms with Gasteiger partial charge >= 0.3 is 0 Å². The molecule has 31 heavy (non-hydrogen) atoms. The summed E-state index contributed by atoms with van der Waals surface area (Å²) in [6.45, 7) is 1.15. The molecule has 8 heteroatoms. The van der Waals surface area contributed by atoms with Crippen LogP contribution in [-0.2, 0) is 11.2 Å². The van der Waals surface area contributed by atoms with Crippen LogP contribution in [-0.4, -0.2) is 51.6 Å². The van der Waals surface area contributed by atoms with E-state index in [0.717, 1.165) is 36.1 Å². The lowest BCUT2D eigenvalue weighted by atomic mass is 10.0. The lowest BCUT2D eigenvalue weighted by Gasteiger charge is -2.31. The molecule has 0 saturated carbocycles. The average molecular weight is 421 g/mol. The molecule has 160 valence electrons. The molecule has 2 aromatic rings. The summed E-state index contributed by atoms with van der Waals surface area (Å²) in [6.07, 6.45) is 3.98. The molecule has 0 unspecified atom stereocenters. The molecule has 0 aromatic heterocycles. The van der Waals surface area contributed by atoms with E-state index in [-0.39, 0.29) is 23.5 Å². The first-order valence-electron chi connectivity index (χ1n) is 10.5. The molecular formula is C23H23N3O5. The lowest BCUT2D eigenvalue weighted by Crippen LogP contribution is -2.52. The molecule has 1 fully saturated rings. The molecule has 2 aromatic carbocycles. The number of rotatable bonds is 5. The van der Waals surface area contributed by atoms with E-state index < -0.39 is 28.5 Å². The van der Waals surface area contributed by atoms with Crippen LogP contribution in [0.1, 0.15) is 52.0 Å². The molecule has 0 bridgehead atoms. The average Bonchev–Trinajstić information content (AvgIpc) is 2.96. The number of nitro groups is 1. The number of carbonyl (C=O) groups is 3. The van der Waals surface area contributed by atoms with Gasteiger partial charge in [-0.2, -0.15) is 0 Å². The molecule has 0 N–H and O–H groups in total. The second-order valence-corrected chi connectivity index (χ2v) is 7.88. The van der Waals surface area contributed by atoms with Crippen molar-refractivity contribution >= 4 is 23.4 Å². The Morgan fingerprint density at radius 2 is 1.61 bits per heavy atom. The van der Waals surface area contributed by atoms with Gasteiger partial charge in [-0.25, -0.2) is 0 Å². The number of carbonyl (C=O) groups excluding carboxylic acids is 3. The summed E-state index contributed by atoms with van der Waals surface area (Å²) in [5, 5.41) is 11.4.